The first-order valence-corrected chi connectivity index (χ1v) is 10.3. The summed E-state index contributed by atoms with van der Waals surface area (Å²) < 4.78 is 11.3. The molecule has 1 aliphatic heterocycles. The van der Waals surface area contributed by atoms with Gasteiger partial charge in [-0.1, -0.05) is 42.8 Å². The van der Waals surface area contributed by atoms with Crippen molar-refractivity contribution >= 4 is 11.6 Å². The SMILES string of the molecule is CCOc1ccc(CC2=CC(C)(C3OC(CO)C(O)C(O)C3O)CC=C2Cl)cc1. The largest absolute Gasteiger partial charge is 0.494 e. The van der Waals surface area contributed by atoms with Gasteiger partial charge < -0.3 is 29.9 Å². The van der Waals surface area contributed by atoms with Gasteiger partial charge in [0, 0.05) is 10.4 Å². The Morgan fingerprint density at radius 2 is 1.83 bits per heavy atom. The van der Waals surface area contributed by atoms with Crippen LogP contribution in [0.25, 0.3) is 0 Å². The molecular weight excluding hydrogens is 396 g/mol. The number of rotatable bonds is 6. The van der Waals surface area contributed by atoms with Crippen molar-refractivity contribution in [3.05, 3.63) is 52.6 Å². The van der Waals surface area contributed by atoms with Gasteiger partial charge in [0.05, 0.1) is 19.3 Å². The summed E-state index contributed by atoms with van der Waals surface area (Å²) in [6.07, 6.45) is -0.835. The zero-order chi connectivity index (χ0) is 21.2. The number of ether oxygens (including phenoxy) is 2. The lowest BCUT2D eigenvalue weighted by Gasteiger charge is -2.47. The lowest BCUT2D eigenvalue weighted by atomic mass is 9.71. The highest BCUT2D eigenvalue weighted by molar-refractivity contribution is 6.32. The van der Waals surface area contributed by atoms with Crippen molar-refractivity contribution < 1.29 is 29.9 Å². The molecule has 0 aromatic heterocycles. The first-order chi connectivity index (χ1) is 13.8. The van der Waals surface area contributed by atoms with Gasteiger partial charge >= 0.3 is 0 Å². The minimum absolute atomic E-state index is 0.448. The Hall–Kier alpha value is -1.41. The highest BCUT2D eigenvalue weighted by atomic mass is 35.5. The van der Waals surface area contributed by atoms with Crippen LogP contribution in [-0.4, -0.2) is 64.2 Å². The van der Waals surface area contributed by atoms with Crippen LogP contribution in [0.5, 0.6) is 5.75 Å². The van der Waals surface area contributed by atoms with Crippen molar-refractivity contribution in [2.45, 2.75) is 57.2 Å². The van der Waals surface area contributed by atoms with E-state index in [9.17, 15) is 20.4 Å². The van der Waals surface area contributed by atoms with Crippen molar-refractivity contribution in [2.75, 3.05) is 13.2 Å². The highest BCUT2D eigenvalue weighted by Crippen LogP contribution is 2.43. The van der Waals surface area contributed by atoms with Gasteiger partial charge in [-0.05, 0) is 43.0 Å². The van der Waals surface area contributed by atoms with E-state index in [-0.39, 0.29) is 0 Å². The molecule has 1 heterocycles. The molecule has 1 saturated heterocycles. The van der Waals surface area contributed by atoms with Crippen LogP contribution in [-0.2, 0) is 11.2 Å². The van der Waals surface area contributed by atoms with Gasteiger partial charge in [0.25, 0.3) is 0 Å². The molecular formula is C22H29ClO6. The monoisotopic (exact) mass is 424 g/mol. The Morgan fingerprint density at radius 3 is 2.45 bits per heavy atom. The molecule has 6 nitrogen and oxygen atoms in total. The van der Waals surface area contributed by atoms with Gasteiger partial charge in [0.2, 0.25) is 0 Å². The molecule has 4 N–H and O–H groups in total. The standard InChI is InChI=1S/C22H29ClO6/c1-3-28-15-6-4-13(5-7-15)10-14-11-22(2,9-8-16(14)23)21-20(27)19(26)18(25)17(12-24)29-21/h4-8,11,17-21,24-27H,3,9-10,12H2,1-2H3. The third-order valence-electron chi connectivity index (χ3n) is 5.70. The number of allylic oxidation sites excluding steroid dienone is 3. The predicted molar refractivity (Wildman–Crippen MR) is 110 cm³/mol. The Balaban J connectivity index is 1.83. The quantitative estimate of drug-likeness (QED) is 0.557. The molecule has 0 spiro atoms. The topological polar surface area (TPSA) is 99.4 Å². The van der Waals surface area contributed by atoms with E-state index >= 15 is 0 Å². The fraction of sp³-hybridized carbons (Fsp3) is 0.545. The average Bonchev–Trinajstić information content (AvgIpc) is 2.71. The van der Waals surface area contributed by atoms with Crippen LogP contribution < -0.4 is 4.74 Å². The molecule has 1 aromatic carbocycles. The van der Waals surface area contributed by atoms with E-state index in [1.807, 2.05) is 50.3 Å². The first-order valence-electron chi connectivity index (χ1n) is 9.89. The van der Waals surface area contributed by atoms with E-state index in [1.165, 1.54) is 0 Å². The first kappa shape index (κ1) is 22.3. The van der Waals surface area contributed by atoms with Gasteiger partial charge in [-0.25, -0.2) is 0 Å². The second-order valence-corrected chi connectivity index (χ2v) is 8.34. The van der Waals surface area contributed by atoms with Crippen LogP contribution in [0.4, 0.5) is 0 Å². The fourth-order valence-electron chi connectivity index (χ4n) is 4.04. The summed E-state index contributed by atoms with van der Waals surface area (Å²) in [5, 5.41) is 40.9. The zero-order valence-corrected chi connectivity index (χ0v) is 17.4. The molecule has 1 aliphatic carbocycles. The van der Waals surface area contributed by atoms with Crippen molar-refractivity contribution in [2.24, 2.45) is 5.41 Å². The van der Waals surface area contributed by atoms with E-state index in [1.54, 1.807) is 0 Å². The number of hydrogen-bond donors (Lipinski definition) is 4. The van der Waals surface area contributed by atoms with Crippen LogP contribution >= 0.6 is 11.6 Å². The Kier molecular flexibility index (Phi) is 7.04. The van der Waals surface area contributed by atoms with E-state index in [4.69, 9.17) is 21.1 Å². The minimum atomic E-state index is -1.40. The van der Waals surface area contributed by atoms with Gasteiger partial charge in [0.1, 0.15) is 30.2 Å². The predicted octanol–water partition coefficient (Wildman–Crippen LogP) is 1.93. The summed E-state index contributed by atoms with van der Waals surface area (Å²) in [4.78, 5) is 0. The van der Waals surface area contributed by atoms with Gasteiger partial charge in [-0.3, -0.25) is 0 Å². The summed E-state index contributed by atoms with van der Waals surface area (Å²) in [6.45, 7) is 4.01. The molecule has 29 heavy (non-hydrogen) atoms. The number of hydrogen-bond acceptors (Lipinski definition) is 6. The highest BCUT2D eigenvalue weighted by Gasteiger charge is 2.50. The van der Waals surface area contributed by atoms with Gasteiger partial charge in [0.15, 0.2) is 0 Å². The Labute approximate surface area is 176 Å². The van der Waals surface area contributed by atoms with E-state index in [0.717, 1.165) is 16.9 Å². The maximum absolute atomic E-state index is 10.5. The van der Waals surface area contributed by atoms with Gasteiger partial charge in [-0.2, -0.15) is 0 Å². The van der Waals surface area contributed by atoms with E-state index < -0.39 is 42.5 Å². The van der Waals surface area contributed by atoms with E-state index in [2.05, 4.69) is 0 Å². The average molecular weight is 425 g/mol. The maximum atomic E-state index is 10.5. The molecule has 7 heteroatoms. The van der Waals surface area contributed by atoms with Crippen LogP contribution in [0.3, 0.4) is 0 Å². The van der Waals surface area contributed by atoms with Crippen LogP contribution in [0.2, 0.25) is 0 Å². The number of aliphatic hydroxyl groups is 4. The van der Waals surface area contributed by atoms with E-state index in [0.29, 0.717) is 24.5 Å². The summed E-state index contributed by atoms with van der Waals surface area (Å²) in [6, 6.07) is 7.79. The Bertz CT molecular complexity index is 759. The summed E-state index contributed by atoms with van der Waals surface area (Å²) >= 11 is 6.46. The molecule has 2 aliphatic rings. The van der Waals surface area contributed by atoms with Crippen LogP contribution in [0.1, 0.15) is 25.8 Å². The van der Waals surface area contributed by atoms with Gasteiger partial charge in [-0.15, -0.1) is 0 Å². The molecule has 6 atom stereocenters. The number of benzene rings is 1. The second-order valence-electron chi connectivity index (χ2n) is 7.93. The summed E-state index contributed by atoms with van der Waals surface area (Å²) in [5.74, 6) is 0.807. The third-order valence-corrected chi connectivity index (χ3v) is 6.10. The summed E-state index contributed by atoms with van der Waals surface area (Å²) in [7, 11) is 0. The molecule has 0 bridgehead atoms. The Morgan fingerprint density at radius 1 is 1.14 bits per heavy atom. The van der Waals surface area contributed by atoms with Crippen molar-refractivity contribution in [1.29, 1.82) is 0 Å². The molecule has 1 fully saturated rings. The van der Waals surface area contributed by atoms with Crippen LogP contribution in [0.15, 0.2) is 47.0 Å². The molecule has 6 unspecified atom stereocenters. The third kappa shape index (κ3) is 4.68. The van der Waals surface area contributed by atoms with Crippen molar-refractivity contribution in [3.8, 4) is 5.75 Å². The van der Waals surface area contributed by atoms with Crippen LogP contribution in [0, 0.1) is 5.41 Å². The number of halogens is 1. The van der Waals surface area contributed by atoms with Crippen molar-refractivity contribution in [3.63, 3.8) is 0 Å². The number of aliphatic hydroxyl groups excluding tert-OH is 4. The summed E-state index contributed by atoms with van der Waals surface area (Å²) in [5.41, 5.74) is 1.29. The maximum Gasteiger partial charge on any atom is 0.119 e. The molecule has 1 aromatic rings. The second kappa shape index (κ2) is 9.16. The lowest BCUT2D eigenvalue weighted by Crippen LogP contribution is -2.62. The minimum Gasteiger partial charge on any atom is -0.494 e. The lowest BCUT2D eigenvalue weighted by molar-refractivity contribution is -0.248. The normalized spacial score (nSPS) is 35.1. The molecule has 0 radical (unpaired) electrons. The molecule has 3 rings (SSSR count). The molecule has 0 saturated carbocycles. The zero-order valence-electron chi connectivity index (χ0n) is 16.7. The smallest absolute Gasteiger partial charge is 0.119 e. The van der Waals surface area contributed by atoms with Crippen molar-refractivity contribution in [1.82, 2.24) is 0 Å². The molecule has 0 amide bonds. The molecule has 160 valence electrons. The fourth-order valence-corrected chi connectivity index (χ4v) is 4.24.